The molecule has 0 aromatic heterocycles. The maximum absolute atomic E-state index is 15.0. The second kappa shape index (κ2) is 15.9. The van der Waals surface area contributed by atoms with E-state index in [4.69, 9.17) is 4.74 Å². The molecule has 1 unspecified atom stereocenters. The molecule has 2 amide bonds. The van der Waals surface area contributed by atoms with Crippen molar-refractivity contribution in [3.8, 4) is 0 Å². The number of hydrogen-bond donors (Lipinski definition) is 1. The quantitative estimate of drug-likeness (QED) is 0.245. The first-order valence-corrected chi connectivity index (χ1v) is 23.3. The first kappa shape index (κ1) is 42.4. The summed E-state index contributed by atoms with van der Waals surface area (Å²) in [5.74, 6) is -2.58. The fraction of sp³-hybridized carbons (Fsp3) is 0.565. The molecule has 3 atom stereocenters. The van der Waals surface area contributed by atoms with Crippen LogP contribution >= 0.6 is 0 Å². The van der Waals surface area contributed by atoms with Gasteiger partial charge in [0.05, 0.1) is 29.7 Å². The molecule has 0 radical (unpaired) electrons. The lowest BCUT2D eigenvalue weighted by atomic mass is 9.73. The number of hydrogen-bond acceptors (Lipinski definition) is 7. The van der Waals surface area contributed by atoms with Crippen LogP contribution in [0.3, 0.4) is 0 Å². The number of fused-ring (bicyclic) bond motifs is 5. The minimum absolute atomic E-state index is 0.0658. The fourth-order valence-electron chi connectivity index (χ4n) is 10.9. The Kier molecular flexibility index (Phi) is 11.2. The van der Waals surface area contributed by atoms with Crippen LogP contribution in [0.4, 0.5) is 35.0 Å². The summed E-state index contributed by atoms with van der Waals surface area (Å²) in [7, 11) is -3.36. The first-order valence-electron chi connectivity index (χ1n) is 21.5. The van der Waals surface area contributed by atoms with Gasteiger partial charge in [0.1, 0.15) is 11.4 Å². The molecule has 0 bridgehead atoms. The molecule has 8 rings (SSSR count). The SMILES string of the molecule is CC(C)(C)OC(=O)N1C[C@]2(C)CCCN2c2cc(N3CCC4(CC3)C[C@@H](CC(=O)NC(Cc3ccc(F)c(F)c3)C3CCN(S(C)(=O)=O)CC3)c3ccc(F)cc34)ccc21. The Morgan fingerprint density at radius 3 is 2.32 bits per heavy atom. The lowest BCUT2D eigenvalue weighted by Crippen LogP contribution is -2.56. The number of piperidine rings is 2. The number of halogens is 3. The van der Waals surface area contributed by atoms with Crippen molar-refractivity contribution in [2.75, 3.05) is 60.2 Å². The van der Waals surface area contributed by atoms with Crippen molar-refractivity contribution in [2.24, 2.45) is 5.92 Å². The van der Waals surface area contributed by atoms with Gasteiger partial charge in [0.2, 0.25) is 15.9 Å². The maximum atomic E-state index is 15.0. The molecule has 1 N–H and O–H groups in total. The van der Waals surface area contributed by atoms with Crippen molar-refractivity contribution in [1.29, 1.82) is 0 Å². The van der Waals surface area contributed by atoms with E-state index in [1.165, 1.54) is 22.7 Å². The topological polar surface area (TPSA) is 102 Å². The predicted molar refractivity (Wildman–Crippen MR) is 228 cm³/mol. The third-order valence-corrected chi connectivity index (χ3v) is 15.2. The van der Waals surface area contributed by atoms with Crippen molar-refractivity contribution in [3.05, 3.63) is 88.7 Å². The van der Waals surface area contributed by atoms with Crippen molar-refractivity contribution in [1.82, 2.24) is 9.62 Å². The van der Waals surface area contributed by atoms with Gasteiger partial charge in [0, 0.05) is 50.9 Å². The van der Waals surface area contributed by atoms with Crippen LogP contribution in [0.2, 0.25) is 0 Å². The highest BCUT2D eigenvalue weighted by atomic mass is 32.2. The van der Waals surface area contributed by atoms with E-state index in [0.717, 1.165) is 85.6 Å². The summed E-state index contributed by atoms with van der Waals surface area (Å²) in [5.41, 5.74) is 4.36. The number of sulfonamides is 1. The van der Waals surface area contributed by atoms with E-state index in [1.807, 2.05) is 32.9 Å². The molecule has 3 saturated heterocycles. The van der Waals surface area contributed by atoms with Gasteiger partial charge in [-0.1, -0.05) is 12.1 Å². The molecule has 4 heterocycles. The van der Waals surface area contributed by atoms with Crippen LogP contribution in [-0.2, 0) is 31.4 Å². The van der Waals surface area contributed by atoms with Gasteiger partial charge in [-0.2, -0.15) is 0 Å². The molecule has 10 nitrogen and oxygen atoms in total. The molecule has 1 spiro atoms. The summed E-state index contributed by atoms with van der Waals surface area (Å²) >= 11 is 0. The monoisotopic (exact) mass is 849 g/mol. The van der Waals surface area contributed by atoms with E-state index >= 15 is 4.39 Å². The number of carbonyl (C=O) groups is 2. The summed E-state index contributed by atoms with van der Waals surface area (Å²) in [4.78, 5) is 34.2. The van der Waals surface area contributed by atoms with Gasteiger partial charge in [0.25, 0.3) is 0 Å². The average molecular weight is 850 g/mol. The predicted octanol–water partition coefficient (Wildman–Crippen LogP) is 8.03. The molecule has 3 aromatic rings. The van der Waals surface area contributed by atoms with Crippen molar-refractivity contribution in [2.45, 2.75) is 114 Å². The van der Waals surface area contributed by atoms with E-state index in [0.29, 0.717) is 44.5 Å². The van der Waals surface area contributed by atoms with Crippen LogP contribution in [0.1, 0.15) is 102 Å². The largest absolute Gasteiger partial charge is 0.443 e. The van der Waals surface area contributed by atoms with E-state index in [9.17, 15) is 26.8 Å². The summed E-state index contributed by atoms with van der Waals surface area (Å²) in [6.07, 6.45) is 6.65. The minimum Gasteiger partial charge on any atom is -0.443 e. The van der Waals surface area contributed by atoms with Gasteiger partial charge < -0.3 is 19.9 Å². The number of benzene rings is 3. The number of carbonyl (C=O) groups excluding carboxylic acids is 2. The van der Waals surface area contributed by atoms with Crippen LogP contribution in [-0.4, -0.2) is 87.4 Å². The lowest BCUT2D eigenvalue weighted by Gasteiger charge is -2.47. The number of rotatable bonds is 8. The molecule has 0 saturated carbocycles. The molecule has 60 heavy (non-hydrogen) atoms. The highest BCUT2D eigenvalue weighted by molar-refractivity contribution is 7.88. The van der Waals surface area contributed by atoms with Crippen molar-refractivity contribution in [3.63, 3.8) is 0 Å². The van der Waals surface area contributed by atoms with E-state index in [2.05, 4.69) is 34.2 Å². The Morgan fingerprint density at radius 2 is 1.63 bits per heavy atom. The average Bonchev–Trinajstić information content (AvgIpc) is 3.71. The van der Waals surface area contributed by atoms with Crippen LogP contribution < -0.4 is 20.0 Å². The molecule has 3 fully saturated rings. The van der Waals surface area contributed by atoms with Gasteiger partial charge in [-0.3, -0.25) is 9.69 Å². The zero-order valence-corrected chi connectivity index (χ0v) is 36.2. The van der Waals surface area contributed by atoms with Gasteiger partial charge in [-0.05, 0) is 155 Å². The Morgan fingerprint density at radius 1 is 0.900 bits per heavy atom. The zero-order valence-electron chi connectivity index (χ0n) is 35.4. The Hall–Kier alpha value is -4.30. The highest BCUT2D eigenvalue weighted by Gasteiger charge is 2.48. The Balaban J connectivity index is 0.983. The number of nitrogens with one attached hydrogen (secondary N) is 1. The summed E-state index contributed by atoms with van der Waals surface area (Å²) in [6.45, 7) is 11.5. The number of nitrogens with zero attached hydrogens (tertiary/aromatic N) is 4. The summed E-state index contributed by atoms with van der Waals surface area (Å²) < 4.78 is 74.9. The highest BCUT2D eigenvalue weighted by Crippen LogP contribution is 2.54. The molecule has 14 heteroatoms. The fourth-order valence-corrected chi connectivity index (χ4v) is 11.8. The number of amides is 2. The second-order valence-electron chi connectivity index (χ2n) is 19.2. The standard InChI is InChI=1S/C46H58F3N5O5S/c1-44(2,3)59-43(56)53-29-45(4)15-6-18-54(45)41-27-34(9-12-40(41)53)51-21-16-46(17-22-51)28-32(35-10-8-33(47)26-36(35)46)25-42(55)50-39(24-30-7-11-37(48)38(49)23-30)31-13-19-52(20-14-31)60(5,57)58/h7-12,23,26-27,31-32,39H,6,13-22,24-25,28-29H2,1-5H3,(H,50,55)/t32-,39?,45+/m1/s1. The number of anilines is 3. The Bertz CT molecular complexity index is 2250. The van der Waals surface area contributed by atoms with Crippen LogP contribution in [0.5, 0.6) is 0 Å². The molecular weight excluding hydrogens is 792 g/mol. The second-order valence-corrected chi connectivity index (χ2v) is 21.2. The van der Waals surface area contributed by atoms with Crippen LogP contribution in [0.15, 0.2) is 54.6 Å². The smallest absolute Gasteiger partial charge is 0.414 e. The molecular formula is C46H58F3N5O5S. The maximum Gasteiger partial charge on any atom is 0.414 e. The van der Waals surface area contributed by atoms with Gasteiger partial charge >= 0.3 is 6.09 Å². The van der Waals surface area contributed by atoms with Gasteiger partial charge in [0.15, 0.2) is 11.6 Å². The normalized spacial score (nSPS) is 23.6. The van der Waals surface area contributed by atoms with Crippen molar-refractivity contribution >= 4 is 39.1 Å². The molecule has 324 valence electrons. The summed E-state index contributed by atoms with van der Waals surface area (Å²) in [5, 5.41) is 3.23. The third kappa shape index (κ3) is 8.47. The molecule has 3 aromatic carbocycles. The number of ether oxygens (including phenoxy) is 1. The molecule has 5 aliphatic rings. The summed E-state index contributed by atoms with van der Waals surface area (Å²) in [6, 6.07) is 14.6. The van der Waals surface area contributed by atoms with Crippen LogP contribution in [0, 0.1) is 23.4 Å². The van der Waals surface area contributed by atoms with E-state index in [1.54, 1.807) is 11.0 Å². The lowest BCUT2D eigenvalue weighted by molar-refractivity contribution is -0.122. The minimum atomic E-state index is -3.36. The molecule has 1 aliphatic carbocycles. The van der Waals surface area contributed by atoms with E-state index in [-0.39, 0.29) is 53.4 Å². The Labute approximate surface area is 352 Å². The van der Waals surface area contributed by atoms with Gasteiger partial charge in [-0.25, -0.2) is 30.7 Å². The van der Waals surface area contributed by atoms with Crippen molar-refractivity contribution < 1.29 is 35.9 Å². The van der Waals surface area contributed by atoms with E-state index < -0.39 is 33.3 Å². The third-order valence-electron chi connectivity index (χ3n) is 13.9. The molecule has 4 aliphatic heterocycles. The van der Waals surface area contributed by atoms with Gasteiger partial charge in [-0.15, -0.1) is 0 Å². The van der Waals surface area contributed by atoms with Crippen LogP contribution in [0.25, 0.3) is 0 Å². The zero-order chi connectivity index (χ0) is 42.8. The first-order chi connectivity index (χ1) is 28.3.